The molecule has 0 saturated carbocycles. The molecule has 2 aliphatic rings. The van der Waals surface area contributed by atoms with Gasteiger partial charge in [0.1, 0.15) is 5.69 Å². The van der Waals surface area contributed by atoms with E-state index in [1.54, 1.807) is 31.3 Å². The average molecular weight is 485 g/mol. The van der Waals surface area contributed by atoms with Crippen molar-refractivity contribution in [2.24, 2.45) is 0 Å². The first-order valence-electron chi connectivity index (χ1n) is 10.8. The number of likely N-dealkylation sites (tertiary alicyclic amines) is 2. The van der Waals surface area contributed by atoms with Crippen LogP contribution in [0.25, 0.3) is 22.8 Å². The number of alkyl halides is 2. The number of halogens is 2. The predicted octanol–water partition coefficient (Wildman–Crippen LogP) is 1.13. The number of carbonyl (C=O) groups is 2. The van der Waals surface area contributed by atoms with Crippen molar-refractivity contribution >= 4 is 17.8 Å². The molecule has 11 nitrogen and oxygen atoms in total. The molecule has 13 heteroatoms. The number of carbonyl (C=O) groups excluding carboxylic acids is 2. The van der Waals surface area contributed by atoms with Crippen molar-refractivity contribution in [1.82, 2.24) is 29.9 Å². The molecule has 0 aliphatic carbocycles. The number of aromatic nitrogens is 4. The average Bonchev–Trinajstić information content (AvgIpc) is 3.44. The Morgan fingerprint density at radius 3 is 2.57 bits per heavy atom. The molecule has 0 unspecified atom stereocenters. The van der Waals surface area contributed by atoms with Crippen LogP contribution in [0.2, 0.25) is 0 Å². The van der Waals surface area contributed by atoms with Crippen LogP contribution in [0.4, 0.5) is 14.7 Å². The highest BCUT2D eigenvalue weighted by Gasteiger charge is 2.48. The molecule has 2 saturated heterocycles. The Morgan fingerprint density at radius 2 is 1.89 bits per heavy atom. The van der Waals surface area contributed by atoms with Crippen molar-refractivity contribution in [2.45, 2.75) is 17.9 Å². The summed E-state index contributed by atoms with van der Waals surface area (Å²) in [5.74, 6) is -3.56. The van der Waals surface area contributed by atoms with Crippen LogP contribution in [0.1, 0.15) is 12.2 Å². The van der Waals surface area contributed by atoms with E-state index in [1.165, 1.54) is 17.2 Å². The van der Waals surface area contributed by atoms with Crippen molar-refractivity contribution < 1.29 is 28.0 Å². The van der Waals surface area contributed by atoms with Crippen molar-refractivity contribution in [3.05, 3.63) is 42.3 Å². The third kappa shape index (κ3) is 4.30. The molecule has 0 spiro atoms. The lowest BCUT2D eigenvalue weighted by atomic mass is 9.98. The van der Waals surface area contributed by atoms with E-state index in [0.29, 0.717) is 29.3 Å². The summed E-state index contributed by atoms with van der Waals surface area (Å²) < 4.78 is 31.2. The fourth-order valence-electron chi connectivity index (χ4n) is 3.93. The molecule has 3 aromatic rings. The lowest BCUT2D eigenvalue weighted by Crippen LogP contribution is -2.59. The Bertz CT molecular complexity index is 1290. The molecule has 5 rings (SSSR count). The molecule has 0 bridgehead atoms. The number of pyridine rings is 1. The minimum Gasteiger partial charge on any atom is -0.373 e. The number of nitrogens with one attached hydrogen (secondary N) is 1. The van der Waals surface area contributed by atoms with Gasteiger partial charge in [0.15, 0.2) is 5.76 Å². The molecular weight excluding hydrogens is 464 g/mol. The highest BCUT2D eigenvalue weighted by Crippen LogP contribution is 2.34. The smallest absolute Gasteiger partial charge is 0.282 e. The van der Waals surface area contributed by atoms with Crippen LogP contribution in [0.3, 0.4) is 0 Å². The molecule has 0 radical (unpaired) electrons. The fraction of sp³-hybridized carbons (Fsp3) is 0.364. The summed E-state index contributed by atoms with van der Waals surface area (Å²) in [7, 11) is 1.60. The Hall–Kier alpha value is -4.00. The Morgan fingerprint density at radius 1 is 1.17 bits per heavy atom. The third-order valence-electron chi connectivity index (χ3n) is 5.95. The summed E-state index contributed by atoms with van der Waals surface area (Å²) in [6.07, 6.45) is 1.68. The number of aliphatic hydroxyl groups is 1. The number of likely N-dealkylation sites (N-methyl/N-ethyl adjacent to an activating group) is 1. The zero-order chi connectivity index (χ0) is 24.8. The zero-order valence-electron chi connectivity index (χ0n) is 18.6. The summed E-state index contributed by atoms with van der Waals surface area (Å²) in [6.45, 7) is -0.987. The minimum absolute atomic E-state index is 0.0483. The first kappa shape index (κ1) is 22.8. The van der Waals surface area contributed by atoms with E-state index in [0.717, 1.165) is 4.90 Å². The molecular formula is C22H21F2N7O4. The van der Waals surface area contributed by atoms with Gasteiger partial charge < -0.3 is 24.7 Å². The van der Waals surface area contributed by atoms with Gasteiger partial charge in [-0.05, 0) is 18.2 Å². The van der Waals surface area contributed by atoms with Crippen LogP contribution in [0.15, 0.2) is 41.1 Å². The zero-order valence-corrected chi connectivity index (χ0v) is 18.6. The quantitative estimate of drug-likeness (QED) is 0.526. The number of nitrogens with zero attached hydrogens (tertiary/aromatic N) is 6. The van der Waals surface area contributed by atoms with Gasteiger partial charge in [0, 0.05) is 32.3 Å². The van der Waals surface area contributed by atoms with Crippen LogP contribution >= 0.6 is 0 Å². The Balaban J connectivity index is 1.30. The summed E-state index contributed by atoms with van der Waals surface area (Å²) >= 11 is 0. The molecule has 1 atom stereocenters. The highest BCUT2D eigenvalue weighted by molar-refractivity contribution is 5.87. The van der Waals surface area contributed by atoms with E-state index < -0.39 is 36.4 Å². The van der Waals surface area contributed by atoms with E-state index in [1.807, 2.05) is 0 Å². The van der Waals surface area contributed by atoms with Gasteiger partial charge in [-0.2, -0.15) is 0 Å². The van der Waals surface area contributed by atoms with Crippen molar-refractivity contribution in [3.8, 4) is 22.8 Å². The second-order valence-corrected chi connectivity index (χ2v) is 8.55. The number of hydrogen-bond acceptors (Lipinski definition) is 9. The summed E-state index contributed by atoms with van der Waals surface area (Å²) in [6, 6.07) is 8.25. The molecule has 3 aromatic heterocycles. The van der Waals surface area contributed by atoms with Gasteiger partial charge in [-0.1, -0.05) is 11.2 Å². The van der Waals surface area contributed by atoms with Gasteiger partial charge in [-0.3, -0.25) is 9.59 Å². The standard InChI is InChI=1S/C22H21F2N7O4/c1-30-8-6-22(34,19(30)33)17-9-16(29-35-17)14-4-2-3-13(27-14)15-5-7-25-20(28-15)26-10-18(32)31-11-21(23,24)12-31/h2-5,7,9,34H,6,8,10-12H2,1H3,(H,25,26,28)/t22-/m1/s1. The molecule has 0 aromatic carbocycles. The summed E-state index contributed by atoms with van der Waals surface area (Å²) in [5.41, 5.74) is -0.0680. The second kappa shape index (κ2) is 8.34. The number of anilines is 1. The van der Waals surface area contributed by atoms with Crippen molar-refractivity contribution in [1.29, 1.82) is 0 Å². The lowest BCUT2D eigenvalue weighted by molar-refractivity contribution is -0.163. The minimum atomic E-state index is -2.83. The molecule has 182 valence electrons. The van der Waals surface area contributed by atoms with Gasteiger partial charge in [-0.15, -0.1) is 0 Å². The monoisotopic (exact) mass is 485 g/mol. The van der Waals surface area contributed by atoms with Gasteiger partial charge in [0.05, 0.1) is 36.7 Å². The van der Waals surface area contributed by atoms with Gasteiger partial charge in [-0.25, -0.2) is 23.7 Å². The van der Waals surface area contributed by atoms with E-state index in [2.05, 4.69) is 25.4 Å². The fourth-order valence-corrected chi connectivity index (χ4v) is 3.93. The molecule has 35 heavy (non-hydrogen) atoms. The Kier molecular flexibility index (Phi) is 5.43. The van der Waals surface area contributed by atoms with Crippen molar-refractivity contribution in [2.75, 3.05) is 38.5 Å². The molecule has 5 heterocycles. The highest BCUT2D eigenvalue weighted by atomic mass is 19.3. The first-order valence-corrected chi connectivity index (χ1v) is 10.8. The van der Waals surface area contributed by atoms with Crippen LogP contribution in [0.5, 0.6) is 0 Å². The molecule has 2 amide bonds. The largest absolute Gasteiger partial charge is 0.373 e. The summed E-state index contributed by atoms with van der Waals surface area (Å²) in [5, 5.41) is 17.5. The maximum absolute atomic E-state index is 13.0. The maximum Gasteiger partial charge on any atom is 0.282 e. The number of rotatable bonds is 6. The molecule has 2 N–H and O–H groups in total. The van der Waals surface area contributed by atoms with E-state index >= 15 is 0 Å². The van der Waals surface area contributed by atoms with E-state index in [-0.39, 0.29) is 24.7 Å². The van der Waals surface area contributed by atoms with Crippen LogP contribution in [-0.4, -0.2) is 86.0 Å². The van der Waals surface area contributed by atoms with Gasteiger partial charge in [0.25, 0.3) is 11.8 Å². The lowest BCUT2D eigenvalue weighted by Gasteiger charge is -2.38. The Labute approximate surface area is 197 Å². The number of hydrogen-bond donors (Lipinski definition) is 2. The third-order valence-corrected chi connectivity index (χ3v) is 5.95. The predicted molar refractivity (Wildman–Crippen MR) is 117 cm³/mol. The van der Waals surface area contributed by atoms with E-state index in [9.17, 15) is 23.5 Å². The second-order valence-electron chi connectivity index (χ2n) is 8.55. The van der Waals surface area contributed by atoms with Gasteiger partial charge >= 0.3 is 0 Å². The molecule has 2 aliphatic heterocycles. The van der Waals surface area contributed by atoms with Crippen molar-refractivity contribution in [3.63, 3.8) is 0 Å². The normalized spacial score (nSPS) is 21.2. The van der Waals surface area contributed by atoms with E-state index in [4.69, 9.17) is 4.52 Å². The number of amides is 2. The summed E-state index contributed by atoms with van der Waals surface area (Å²) in [4.78, 5) is 39.7. The SMILES string of the molecule is CN1CC[C@@](O)(c2cc(-c3cccc(-c4ccnc(NCC(=O)N5CC(F)(F)C5)n4)n3)no2)C1=O. The molecule has 2 fully saturated rings. The van der Waals surface area contributed by atoms with Gasteiger partial charge in [0.2, 0.25) is 17.5 Å². The topological polar surface area (TPSA) is 138 Å². The van der Waals surface area contributed by atoms with Crippen LogP contribution < -0.4 is 5.32 Å². The van der Waals surface area contributed by atoms with Crippen LogP contribution in [0, 0.1) is 0 Å². The van der Waals surface area contributed by atoms with Crippen LogP contribution in [-0.2, 0) is 15.2 Å². The maximum atomic E-state index is 13.0. The first-order chi connectivity index (χ1) is 16.6.